The highest BCUT2D eigenvalue weighted by Crippen LogP contribution is 2.13. The van der Waals surface area contributed by atoms with Crippen molar-refractivity contribution in [2.24, 2.45) is 0 Å². The molecule has 14 heavy (non-hydrogen) atoms. The highest BCUT2D eigenvalue weighted by Gasteiger charge is 2.08. The lowest BCUT2D eigenvalue weighted by Gasteiger charge is -1.93. The Bertz CT molecular complexity index is 300. The number of rotatable bonds is 4. The number of hydrogen-bond donors (Lipinski definition) is 0. The van der Waals surface area contributed by atoms with E-state index in [1.54, 1.807) is 6.08 Å². The normalized spacial score (nSPS) is 12.1. The molecule has 0 N–H and O–H groups in total. The van der Waals surface area contributed by atoms with Crippen molar-refractivity contribution in [2.75, 3.05) is 0 Å². The molecule has 0 aromatic rings. The lowest BCUT2D eigenvalue weighted by atomic mass is 10.4. The molecule has 0 aliphatic carbocycles. The minimum atomic E-state index is -3.60. The van der Waals surface area contributed by atoms with Crippen molar-refractivity contribution in [3.8, 4) is 0 Å². The zero-order chi connectivity index (χ0) is 11.6. The molecule has 0 atom stereocenters. The van der Waals surface area contributed by atoms with Gasteiger partial charge < -0.3 is 0 Å². The van der Waals surface area contributed by atoms with Crippen LogP contribution in [0.2, 0.25) is 0 Å². The standard InChI is InChI=1S/C8H11ClO2S.C2H6/c1-3-5-7-8(6-4-2)12(9,10)11;1-2/h3,5-7H,1,4H2,2H3;1-2H3/b7-5-,8-6+;. The van der Waals surface area contributed by atoms with E-state index < -0.39 is 9.05 Å². The van der Waals surface area contributed by atoms with Gasteiger partial charge >= 0.3 is 0 Å². The summed E-state index contributed by atoms with van der Waals surface area (Å²) < 4.78 is 21.7. The lowest BCUT2D eigenvalue weighted by Crippen LogP contribution is -1.91. The van der Waals surface area contributed by atoms with E-state index >= 15 is 0 Å². The van der Waals surface area contributed by atoms with Gasteiger partial charge in [0.1, 0.15) is 0 Å². The summed E-state index contributed by atoms with van der Waals surface area (Å²) in [5.74, 6) is 0. The molecule has 2 nitrogen and oxygen atoms in total. The van der Waals surface area contributed by atoms with Crippen LogP contribution >= 0.6 is 10.7 Å². The zero-order valence-corrected chi connectivity index (χ0v) is 10.4. The Morgan fingerprint density at radius 1 is 1.43 bits per heavy atom. The summed E-state index contributed by atoms with van der Waals surface area (Å²) in [5, 5.41) is 0. The summed E-state index contributed by atoms with van der Waals surface area (Å²) in [6.07, 6.45) is 6.61. The van der Waals surface area contributed by atoms with E-state index in [4.69, 9.17) is 10.7 Å². The third kappa shape index (κ3) is 8.08. The molecular weight excluding hydrogens is 220 g/mol. The number of halogens is 1. The van der Waals surface area contributed by atoms with Crippen LogP contribution in [0.3, 0.4) is 0 Å². The summed E-state index contributed by atoms with van der Waals surface area (Å²) in [5.41, 5.74) is 0. The van der Waals surface area contributed by atoms with Crippen LogP contribution in [0.4, 0.5) is 0 Å². The van der Waals surface area contributed by atoms with Crippen molar-refractivity contribution in [3.63, 3.8) is 0 Å². The summed E-state index contributed by atoms with van der Waals surface area (Å²) in [6, 6.07) is 0. The van der Waals surface area contributed by atoms with Crippen LogP contribution in [-0.4, -0.2) is 8.42 Å². The van der Waals surface area contributed by atoms with Crippen LogP contribution < -0.4 is 0 Å². The van der Waals surface area contributed by atoms with Crippen LogP contribution in [0.1, 0.15) is 27.2 Å². The van der Waals surface area contributed by atoms with E-state index in [1.807, 2.05) is 20.8 Å². The van der Waals surface area contributed by atoms with E-state index in [-0.39, 0.29) is 4.91 Å². The monoisotopic (exact) mass is 236 g/mol. The van der Waals surface area contributed by atoms with Gasteiger partial charge in [0.05, 0.1) is 4.91 Å². The maximum atomic E-state index is 10.8. The first kappa shape index (κ1) is 15.9. The number of allylic oxidation sites excluding steroid dienone is 4. The van der Waals surface area contributed by atoms with Crippen molar-refractivity contribution in [2.45, 2.75) is 27.2 Å². The lowest BCUT2D eigenvalue weighted by molar-refractivity contribution is 0.615. The number of hydrogen-bond acceptors (Lipinski definition) is 2. The van der Waals surface area contributed by atoms with Gasteiger partial charge in [0.15, 0.2) is 0 Å². The molecule has 82 valence electrons. The smallest absolute Gasteiger partial charge is 0.207 e. The Kier molecular flexibility index (Phi) is 10.3. The minimum Gasteiger partial charge on any atom is -0.207 e. The van der Waals surface area contributed by atoms with Gasteiger partial charge in [0.2, 0.25) is 0 Å². The Morgan fingerprint density at radius 3 is 2.21 bits per heavy atom. The van der Waals surface area contributed by atoms with Gasteiger partial charge in [-0.15, -0.1) is 0 Å². The Labute approximate surface area is 91.4 Å². The topological polar surface area (TPSA) is 34.1 Å². The summed E-state index contributed by atoms with van der Waals surface area (Å²) in [4.78, 5) is 0.117. The molecule has 0 saturated heterocycles. The highest BCUT2D eigenvalue weighted by molar-refractivity contribution is 8.17. The van der Waals surface area contributed by atoms with Crippen molar-refractivity contribution in [1.29, 1.82) is 0 Å². The fourth-order valence-corrected chi connectivity index (χ4v) is 1.56. The molecule has 4 heteroatoms. The van der Waals surface area contributed by atoms with Gasteiger partial charge in [0.25, 0.3) is 9.05 Å². The molecule has 0 rings (SSSR count). The summed E-state index contributed by atoms with van der Waals surface area (Å²) >= 11 is 0. The van der Waals surface area contributed by atoms with E-state index in [2.05, 4.69) is 6.58 Å². The van der Waals surface area contributed by atoms with E-state index in [0.717, 1.165) is 0 Å². The molecule has 0 radical (unpaired) electrons. The molecule has 0 amide bonds. The van der Waals surface area contributed by atoms with E-state index in [0.29, 0.717) is 6.42 Å². The maximum Gasteiger partial charge on any atom is 0.260 e. The maximum absolute atomic E-state index is 10.8. The molecule has 0 fully saturated rings. The Morgan fingerprint density at radius 2 is 1.93 bits per heavy atom. The second-order valence-corrected chi connectivity index (χ2v) is 4.61. The molecule has 0 aromatic carbocycles. The third-order valence-electron chi connectivity index (χ3n) is 1.08. The molecule has 0 saturated carbocycles. The minimum absolute atomic E-state index is 0.117. The van der Waals surface area contributed by atoms with Gasteiger partial charge in [-0.05, 0) is 12.5 Å². The second kappa shape index (κ2) is 9.03. The van der Waals surface area contributed by atoms with E-state index in [9.17, 15) is 8.42 Å². The molecule has 0 bridgehead atoms. The molecule has 0 aliphatic heterocycles. The summed E-state index contributed by atoms with van der Waals surface area (Å²) in [6.45, 7) is 9.26. The highest BCUT2D eigenvalue weighted by atomic mass is 35.7. The van der Waals surface area contributed by atoms with Crippen LogP contribution in [0.15, 0.2) is 35.8 Å². The first-order valence-corrected chi connectivity index (χ1v) is 6.77. The molecule has 0 aromatic heterocycles. The predicted octanol–water partition coefficient (Wildman–Crippen LogP) is 3.62. The van der Waals surface area contributed by atoms with Crippen molar-refractivity contribution >= 4 is 19.7 Å². The first-order chi connectivity index (χ1) is 6.52. The zero-order valence-electron chi connectivity index (χ0n) is 8.83. The van der Waals surface area contributed by atoms with Crippen molar-refractivity contribution in [1.82, 2.24) is 0 Å². The Balaban J connectivity index is 0. The second-order valence-electron chi connectivity index (χ2n) is 2.05. The van der Waals surface area contributed by atoms with Crippen LogP contribution in [0, 0.1) is 0 Å². The molecule has 0 spiro atoms. The summed E-state index contributed by atoms with van der Waals surface area (Å²) in [7, 11) is 1.53. The van der Waals surface area contributed by atoms with E-state index in [1.165, 1.54) is 18.2 Å². The quantitative estimate of drug-likeness (QED) is 0.552. The third-order valence-corrected chi connectivity index (χ3v) is 2.48. The molecular formula is C10H17ClO2S. The van der Waals surface area contributed by atoms with Gasteiger partial charge in [0, 0.05) is 10.7 Å². The van der Waals surface area contributed by atoms with Gasteiger partial charge in [-0.2, -0.15) is 0 Å². The SMILES string of the molecule is C=C/C=C\C(=C/CC)S(=O)(=O)Cl.CC. The van der Waals surface area contributed by atoms with Crippen LogP contribution in [-0.2, 0) is 9.05 Å². The average Bonchev–Trinajstić information content (AvgIpc) is 2.14. The van der Waals surface area contributed by atoms with Gasteiger partial charge in [-0.1, -0.05) is 45.6 Å². The molecule has 0 unspecified atom stereocenters. The first-order valence-electron chi connectivity index (χ1n) is 4.46. The average molecular weight is 237 g/mol. The Hall–Kier alpha value is -0.540. The molecule has 0 heterocycles. The van der Waals surface area contributed by atoms with Gasteiger partial charge in [-0.25, -0.2) is 8.42 Å². The van der Waals surface area contributed by atoms with Crippen molar-refractivity contribution in [3.05, 3.63) is 35.8 Å². The molecule has 0 aliphatic rings. The van der Waals surface area contributed by atoms with Gasteiger partial charge in [-0.3, -0.25) is 0 Å². The fraction of sp³-hybridized carbons (Fsp3) is 0.400. The van der Waals surface area contributed by atoms with Crippen LogP contribution in [0.25, 0.3) is 0 Å². The van der Waals surface area contributed by atoms with Crippen LogP contribution in [0.5, 0.6) is 0 Å². The predicted molar refractivity (Wildman–Crippen MR) is 63.8 cm³/mol. The van der Waals surface area contributed by atoms with Crippen molar-refractivity contribution < 1.29 is 8.42 Å². The largest absolute Gasteiger partial charge is 0.260 e. The fourth-order valence-electron chi connectivity index (χ4n) is 0.613.